The van der Waals surface area contributed by atoms with Crippen molar-refractivity contribution in [3.63, 3.8) is 0 Å². The van der Waals surface area contributed by atoms with Gasteiger partial charge in [-0.1, -0.05) is 37.3 Å². The van der Waals surface area contributed by atoms with Crippen molar-refractivity contribution in [2.24, 2.45) is 10.9 Å². The fourth-order valence-electron chi connectivity index (χ4n) is 3.20. The highest BCUT2D eigenvalue weighted by Gasteiger charge is 2.28. The van der Waals surface area contributed by atoms with Gasteiger partial charge >= 0.3 is 0 Å². The second kappa shape index (κ2) is 8.76. The number of nitrogens with zero attached hydrogens (tertiary/aromatic N) is 2. The predicted octanol–water partition coefficient (Wildman–Crippen LogP) is 3.44. The van der Waals surface area contributed by atoms with E-state index >= 15 is 0 Å². The molecule has 2 atom stereocenters. The Morgan fingerprint density at radius 1 is 1.36 bits per heavy atom. The van der Waals surface area contributed by atoms with Gasteiger partial charge in [0.05, 0.1) is 6.67 Å². The summed E-state index contributed by atoms with van der Waals surface area (Å²) in [5.41, 5.74) is 1.44. The second-order valence-corrected chi connectivity index (χ2v) is 6.01. The highest BCUT2D eigenvalue weighted by atomic mass is 19.1. The zero-order valence-electron chi connectivity index (χ0n) is 13.8. The van der Waals surface area contributed by atoms with E-state index in [-0.39, 0.29) is 6.67 Å². The average Bonchev–Trinajstić information content (AvgIpc) is 2.55. The van der Waals surface area contributed by atoms with E-state index in [2.05, 4.69) is 59.4 Å². The van der Waals surface area contributed by atoms with Crippen molar-refractivity contribution in [2.45, 2.75) is 32.6 Å². The normalized spacial score (nSPS) is 22.7. The molecule has 0 radical (unpaired) electrons. The zero-order valence-corrected chi connectivity index (χ0v) is 13.8. The van der Waals surface area contributed by atoms with Gasteiger partial charge in [0.1, 0.15) is 0 Å². The van der Waals surface area contributed by atoms with Gasteiger partial charge in [0, 0.05) is 26.2 Å². The standard InChI is InChI=1S/C18H28FN3/c1-3-20-18(21-12-7-11-19)22-13-10-17(15(2)14-22)16-8-5-4-6-9-16/h4-6,8-9,15,17H,3,7,10-14H2,1-2H3,(H,20,21). The molecule has 3 nitrogen and oxygen atoms in total. The van der Waals surface area contributed by atoms with Gasteiger partial charge in [-0.15, -0.1) is 0 Å². The number of nitrogens with one attached hydrogen (secondary N) is 1. The average molecular weight is 305 g/mol. The Hall–Kier alpha value is -1.58. The molecule has 2 unspecified atom stereocenters. The topological polar surface area (TPSA) is 27.6 Å². The minimum Gasteiger partial charge on any atom is -0.357 e. The first kappa shape index (κ1) is 16.8. The Kier molecular flexibility index (Phi) is 6.69. The fourth-order valence-corrected chi connectivity index (χ4v) is 3.20. The number of aliphatic imine (C=N–C) groups is 1. The summed E-state index contributed by atoms with van der Waals surface area (Å²) in [6.07, 6.45) is 1.64. The van der Waals surface area contributed by atoms with Crippen LogP contribution in [-0.4, -0.2) is 43.7 Å². The molecule has 1 aliphatic heterocycles. The van der Waals surface area contributed by atoms with Crippen LogP contribution in [0.5, 0.6) is 0 Å². The van der Waals surface area contributed by atoms with Crippen molar-refractivity contribution in [1.82, 2.24) is 10.2 Å². The Morgan fingerprint density at radius 2 is 2.14 bits per heavy atom. The summed E-state index contributed by atoms with van der Waals surface area (Å²) in [6, 6.07) is 10.8. The van der Waals surface area contributed by atoms with Crippen LogP contribution in [0.1, 0.15) is 38.2 Å². The van der Waals surface area contributed by atoms with Crippen LogP contribution in [0.4, 0.5) is 4.39 Å². The maximum absolute atomic E-state index is 12.3. The summed E-state index contributed by atoms with van der Waals surface area (Å²) < 4.78 is 12.3. The SMILES string of the molecule is CCNC(=NCCCF)N1CCC(c2ccccc2)C(C)C1. The molecule has 2 rings (SSSR count). The largest absolute Gasteiger partial charge is 0.357 e. The third-order valence-corrected chi connectivity index (χ3v) is 4.32. The molecule has 0 spiro atoms. The molecule has 1 aromatic carbocycles. The molecule has 0 aromatic heterocycles. The first-order valence-corrected chi connectivity index (χ1v) is 8.40. The van der Waals surface area contributed by atoms with Crippen LogP contribution in [0.3, 0.4) is 0 Å². The van der Waals surface area contributed by atoms with E-state index in [9.17, 15) is 4.39 Å². The number of piperidine rings is 1. The molecule has 0 aliphatic carbocycles. The molecule has 0 saturated carbocycles. The van der Waals surface area contributed by atoms with E-state index in [1.807, 2.05) is 0 Å². The lowest BCUT2D eigenvalue weighted by Crippen LogP contribution is -2.48. The molecule has 0 amide bonds. The van der Waals surface area contributed by atoms with Gasteiger partial charge in [0.2, 0.25) is 0 Å². The van der Waals surface area contributed by atoms with Crippen molar-refractivity contribution in [1.29, 1.82) is 0 Å². The van der Waals surface area contributed by atoms with Gasteiger partial charge in [-0.25, -0.2) is 0 Å². The number of rotatable bonds is 5. The van der Waals surface area contributed by atoms with Crippen LogP contribution in [0, 0.1) is 5.92 Å². The Bertz CT molecular complexity index is 461. The van der Waals surface area contributed by atoms with Crippen LogP contribution < -0.4 is 5.32 Å². The summed E-state index contributed by atoms with van der Waals surface area (Å²) in [4.78, 5) is 6.88. The van der Waals surface area contributed by atoms with E-state index < -0.39 is 0 Å². The number of benzene rings is 1. The van der Waals surface area contributed by atoms with Crippen LogP contribution in [0.25, 0.3) is 0 Å². The minimum atomic E-state index is -0.296. The van der Waals surface area contributed by atoms with Crippen LogP contribution >= 0.6 is 0 Å². The maximum atomic E-state index is 12.3. The summed E-state index contributed by atoms with van der Waals surface area (Å²) >= 11 is 0. The van der Waals surface area contributed by atoms with Crippen molar-refractivity contribution in [3.8, 4) is 0 Å². The molecule has 1 aliphatic rings. The van der Waals surface area contributed by atoms with Crippen molar-refractivity contribution < 1.29 is 4.39 Å². The Balaban J connectivity index is 1.99. The van der Waals surface area contributed by atoms with Crippen molar-refractivity contribution >= 4 is 5.96 Å². The minimum absolute atomic E-state index is 0.296. The third kappa shape index (κ3) is 4.46. The lowest BCUT2D eigenvalue weighted by Gasteiger charge is -2.39. The van der Waals surface area contributed by atoms with Gasteiger partial charge < -0.3 is 10.2 Å². The van der Waals surface area contributed by atoms with E-state index in [4.69, 9.17) is 0 Å². The molecule has 1 fully saturated rings. The Morgan fingerprint density at radius 3 is 2.77 bits per heavy atom. The summed E-state index contributed by atoms with van der Waals surface area (Å²) in [6.45, 7) is 7.51. The van der Waals surface area contributed by atoms with Crippen molar-refractivity contribution in [3.05, 3.63) is 35.9 Å². The first-order valence-electron chi connectivity index (χ1n) is 8.40. The summed E-state index contributed by atoms with van der Waals surface area (Å²) in [5.74, 6) is 2.14. The highest BCUT2D eigenvalue weighted by molar-refractivity contribution is 5.80. The van der Waals surface area contributed by atoms with Gasteiger partial charge in [-0.05, 0) is 37.2 Å². The maximum Gasteiger partial charge on any atom is 0.193 e. The quantitative estimate of drug-likeness (QED) is 0.513. The molecule has 1 N–H and O–H groups in total. The van der Waals surface area contributed by atoms with Crippen LogP contribution in [0.2, 0.25) is 0 Å². The van der Waals surface area contributed by atoms with Crippen molar-refractivity contribution in [2.75, 3.05) is 32.9 Å². The van der Waals surface area contributed by atoms with E-state index in [0.29, 0.717) is 24.8 Å². The smallest absolute Gasteiger partial charge is 0.193 e. The number of hydrogen-bond donors (Lipinski definition) is 1. The lowest BCUT2D eigenvalue weighted by molar-refractivity contribution is 0.234. The van der Waals surface area contributed by atoms with Gasteiger partial charge in [-0.3, -0.25) is 9.38 Å². The number of likely N-dealkylation sites (tertiary alicyclic amines) is 1. The van der Waals surface area contributed by atoms with Gasteiger partial charge in [0.15, 0.2) is 5.96 Å². The highest BCUT2D eigenvalue weighted by Crippen LogP contribution is 2.32. The molecular formula is C18H28FN3. The van der Waals surface area contributed by atoms with E-state index in [1.165, 1.54) is 5.56 Å². The summed E-state index contributed by atoms with van der Waals surface area (Å²) in [7, 11) is 0. The third-order valence-electron chi connectivity index (χ3n) is 4.32. The number of hydrogen-bond acceptors (Lipinski definition) is 1. The van der Waals surface area contributed by atoms with Gasteiger partial charge in [-0.2, -0.15) is 0 Å². The molecule has 1 heterocycles. The summed E-state index contributed by atoms with van der Waals surface area (Å²) in [5, 5.41) is 3.34. The fraction of sp³-hybridized carbons (Fsp3) is 0.611. The van der Waals surface area contributed by atoms with Crippen LogP contribution in [0.15, 0.2) is 35.3 Å². The number of alkyl halides is 1. The molecule has 1 aromatic rings. The first-order chi connectivity index (χ1) is 10.8. The second-order valence-electron chi connectivity index (χ2n) is 6.01. The van der Waals surface area contributed by atoms with Crippen LogP contribution in [-0.2, 0) is 0 Å². The molecule has 4 heteroatoms. The van der Waals surface area contributed by atoms with E-state index in [1.54, 1.807) is 0 Å². The molecule has 122 valence electrons. The molecule has 22 heavy (non-hydrogen) atoms. The monoisotopic (exact) mass is 305 g/mol. The zero-order chi connectivity index (χ0) is 15.8. The Labute approximate surface area is 133 Å². The lowest BCUT2D eigenvalue weighted by atomic mass is 9.82. The van der Waals surface area contributed by atoms with Gasteiger partial charge in [0.25, 0.3) is 0 Å². The number of guanidine groups is 1. The molecule has 0 bridgehead atoms. The molecule has 1 saturated heterocycles. The molecular weight excluding hydrogens is 277 g/mol. The van der Waals surface area contributed by atoms with E-state index in [0.717, 1.165) is 32.0 Å². The predicted molar refractivity (Wildman–Crippen MR) is 91.1 cm³/mol. The number of halogens is 1.